The van der Waals surface area contributed by atoms with Gasteiger partial charge in [0.2, 0.25) is 12.5 Å². The summed E-state index contributed by atoms with van der Waals surface area (Å²) in [5.74, 6) is 3.71. The number of ether oxygens (including phenoxy) is 3. The minimum absolute atomic E-state index is 0.291. The Bertz CT molecular complexity index is 433. The summed E-state index contributed by atoms with van der Waals surface area (Å²) in [6, 6.07) is 4.17. The Labute approximate surface area is 101 Å². The molecule has 0 aromatic heterocycles. The second-order valence-electron chi connectivity index (χ2n) is 4.62. The minimum atomic E-state index is 0.291. The van der Waals surface area contributed by atoms with Crippen molar-refractivity contribution in [2.24, 2.45) is 5.92 Å². The second-order valence-corrected chi connectivity index (χ2v) is 4.62. The Morgan fingerprint density at radius 3 is 3.06 bits per heavy atom. The van der Waals surface area contributed by atoms with Gasteiger partial charge in [-0.1, -0.05) is 0 Å². The Balaban J connectivity index is 1.87. The van der Waals surface area contributed by atoms with Crippen molar-refractivity contribution in [2.45, 2.75) is 12.3 Å². The molecular formula is C13H17NO3. The van der Waals surface area contributed by atoms with Crippen LogP contribution in [-0.4, -0.2) is 27.5 Å². The maximum atomic E-state index is 5.44. The van der Waals surface area contributed by atoms with Gasteiger partial charge < -0.3 is 19.5 Å². The van der Waals surface area contributed by atoms with Crippen LogP contribution in [0.3, 0.4) is 0 Å². The van der Waals surface area contributed by atoms with Crippen LogP contribution in [0.1, 0.15) is 17.9 Å². The monoisotopic (exact) mass is 235 g/mol. The van der Waals surface area contributed by atoms with Gasteiger partial charge >= 0.3 is 0 Å². The lowest BCUT2D eigenvalue weighted by molar-refractivity contribution is 0.171. The summed E-state index contributed by atoms with van der Waals surface area (Å²) in [5, 5.41) is 3.22. The standard InChI is InChI=1S/C13H17NO3/c1-14-6-9-3-10(9)8-4-11(15-2)13-12(5-8)16-7-17-13/h4-5,9-10,14H,3,6-7H2,1-2H3. The molecule has 0 bridgehead atoms. The fourth-order valence-corrected chi connectivity index (χ4v) is 2.51. The summed E-state index contributed by atoms with van der Waals surface area (Å²) < 4.78 is 16.2. The summed E-state index contributed by atoms with van der Waals surface area (Å²) in [6.07, 6.45) is 1.24. The Kier molecular flexibility index (Phi) is 2.59. The zero-order valence-electron chi connectivity index (χ0n) is 10.2. The molecule has 2 aliphatic rings. The smallest absolute Gasteiger partial charge is 0.231 e. The van der Waals surface area contributed by atoms with Gasteiger partial charge in [0.25, 0.3) is 0 Å². The van der Waals surface area contributed by atoms with Gasteiger partial charge in [0, 0.05) is 0 Å². The third-order valence-electron chi connectivity index (χ3n) is 3.50. The zero-order valence-corrected chi connectivity index (χ0v) is 10.2. The van der Waals surface area contributed by atoms with E-state index < -0.39 is 0 Å². The SMILES string of the molecule is CNCC1CC1c1cc(OC)c2c(c1)OCO2. The Hall–Kier alpha value is -1.42. The van der Waals surface area contributed by atoms with Crippen molar-refractivity contribution >= 4 is 0 Å². The van der Waals surface area contributed by atoms with E-state index in [1.807, 2.05) is 7.05 Å². The van der Waals surface area contributed by atoms with E-state index in [1.165, 1.54) is 12.0 Å². The number of fused-ring (bicyclic) bond motifs is 1. The van der Waals surface area contributed by atoms with Crippen LogP contribution in [0.25, 0.3) is 0 Å². The van der Waals surface area contributed by atoms with Gasteiger partial charge in [-0.05, 0) is 49.5 Å². The highest BCUT2D eigenvalue weighted by molar-refractivity contribution is 5.56. The first-order chi connectivity index (χ1) is 8.33. The van der Waals surface area contributed by atoms with Crippen molar-refractivity contribution in [3.63, 3.8) is 0 Å². The molecule has 1 aromatic rings. The van der Waals surface area contributed by atoms with Gasteiger partial charge in [0.15, 0.2) is 11.5 Å². The van der Waals surface area contributed by atoms with Gasteiger partial charge in [-0.3, -0.25) is 0 Å². The van der Waals surface area contributed by atoms with E-state index in [2.05, 4.69) is 17.4 Å². The zero-order chi connectivity index (χ0) is 11.8. The van der Waals surface area contributed by atoms with Crippen molar-refractivity contribution < 1.29 is 14.2 Å². The summed E-state index contributed by atoms with van der Waals surface area (Å²) in [7, 11) is 3.66. The molecule has 0 radical (unpaired) electrons. The predicted octanol–water partition coefficient (Wildman–Crippen LogP) is 1.75. The lowest BCUT2D eigenvalue weighted by atomic mass is 10.1. The Morgan fingerprint density at radius 2 is 2.29 bits per heavy atom. The molecule has 1 fully saturated rings. The van der Waals surface area contributed by atoms with Crippen LogP contribution in [0.2, 0.25) is 0 Å². The highest BCUT2D eigenvalue weighted by Gasteiger charge is 2.38. The highest BCUT2D eigenvalue weighted by atomic mass is 16.7. The molecule has 4 heteroatoms. The molecule has 92 valence electrons. The molecule has 1 saturated carbocycles. The van der Waals surface area contributed by atoms with Crippen molar-refractivity contribution in [3.8, 4) is 17.2 Å². The molecule has 17 heavy (non-hydrogen) atoms. The third kappa shape index (κ3) is 1.82. The average Bonchev–Trinajstić information content (AvgIpc) is 2.95. The lowest BCUT2D eigenvalue weighted by Crippen LogP contribution is -2.10. The van der Waals surface area contributed by atoms with Crippen molar-refractivity contribution in [2.75, 3.05) is 27.5 Å². The van der Waals surface area contributed by atoms with Crippen LogP contribution < -0.4 is 19.5 Å². The quantitative estimate of drug-likeness (QED) is 0.863. The van der Waals surface area contributed by atoms with Crippen molar-refractivity contribution in [1.82, 2.24) is 5.32 Å². The summed E-state index contributed by atoms with van der Waals surface area (Å²) in [5.41, 5.74) is 1.30. The molecule has 2 unspecified atom stereocenters. The number of nitrogens with one attached hydrogen (secondary N) is 1. The van der Waals surface area contributed by atoms with E-state index in [1.54, 1.807) is 7.11 Å². The Morgan fingerprint density at radius 1 is 1.41 bits per heavy atom. The van der Waals surface area contributed by atoms with Gasteiger partial charge in [0.1, 0.15) is 0 Å². The van der Waals surface area contributed by atoms with Crippen LogP contribution >= 0.6 is 0 Å². The van der Waals surface area contributed by atoms with E-state index in [4.69, 9.17) is 14.2 Å². The van der Waals surface area contributed by atoms with E-state index in [9.17, 15) is 0 Å². The first-order valence-electron chi connectivity index (χ1n) is 5.95. The van der Waals surface area contributed by atoms with Crippen LogP contribution in [0.15, 0.2) is 12.1 Å². The second kappa shape index (κ2) is 4.11. The average molecular weight is 235 g/mol. The lowest BCUT2D eigenvalue weighted by Gasteiger charge is -2.08. The van der Waals surface area contributed by atoms with Gasteiger partial charge in [0.05, 0.1) is 7.11 Å². The first kappa shape index (κ1) is 10.7. The molecular weight excluding hydrogens is 218 g/mol. The van der Waals surface area contributed by atoms with E-state index in [0.29, 0.717) is 12.7 Å². The maximum Gasteiger partial charge on any atom is 0.231 e. The van der Waals surface area contributed by atoms with Crippen LogP contribution in [0.5, 0.6) is 17.2 Å². The number of benzene rings is 1. The molecule has 3 rings (SSSR count). The van der Waals surface area contributed by atoms with E-state index in [0.717, 1.165) is 29.7 Å². The molecule has 1 aliphatic heterocycles. The fourth-order valence-electron chi connectivity index (χ4n) is 2.51. The molecule has 0 amide bonds. The number of hydrogen-bond donors (Lipinski definition) is 1. The normalized spacial score (nSPS) is 24.8. The van der Waals surface area contributed by atoms with E-state index in [-0.39, 0.29) is 0 Å². The third-order valence-corrected chi connectivity index (χ3v) is 3.50. The molecule has 1 heterocycles. The van der Waals surface area contributed by atoms with Gasteiger partial charge in [-0.25, -0.2) is 0 Å². The summed E-state index contributed by atoms with van der Waals surface area (Å²) in [4.78, 5) is 0. The molecule has 4 nitrogen and oxygen atoms in total. The first-order valence-corrected chi connectivity index (χ1v) is 5.95. The van der Waals surface area contributed by atoms with Gasteiger partial charge in [-0.15, -0.1) is 0 Å². The molecule has 0 spiro atoms. The highest BCUT2D eigenvalue weighted by Crippen LogP contribution is 2.51. The molecule has 0 saturated heterocycles. The van der Waals surface area contributed by atoms with E-state index >= 15 is 0 Å². The predicted molar refractivity (Wildman–Crippen MR) is 63.9 cm³/mol. The van der Waals surface area contributed by atoms with Gasteiger partial charge in [-0.2, -0.15) is 0 Å². The topological polar surface area (TPSA) is 39.7 Å². The largest absolute Gasteiger partial charge is 0.493 e. The molecule has 1 aromatic carbocycles. The number of methoxy groups -OCH3 is 1. The molecule has 1 aliphatic carbocycles. The van der Waals surface area contributed by atoms with Crippen LogP contribution in [0.4, 0.5) is 0 Å². The number of rotatable bonds is 4. The van der Waals surface area contributed by atoms with Crippen LogP contribution in [0, 0.1) is 5.92 Å². The maximum absolute atomic E-state index is 5.44. The fraction of sp³-hybridized carbons (Fsp3) is 0.538. The summed E-state index contributed by atoms with van der Waals surface area (Å²) in [6.45, 7) is 1.36. The van der Waals surface area contributed by atoms with Crippen molar-refractivity contribution in [3.05, 3.63) is 17.7 Å². The summed E-state index contributed by atoms with van der Waals surface area (Å²) >= 11 is 0. The van der Waals surface area contributed by atoms with Crippen molar-refractivity contribution in [1.29, 1.82) is 0 Å². The number of hydrogen-bond acceptors (Lipinski definition) is 4. The van der Waals surface area contributed by atoms with Crippen LogP contribution in [-0.2, 0) is 0 Å². The molecule has 2 atom stereocenters. The minimum Gasteiger partial charge on any atom is -0.493 e. The molecule has 1 N–H and O–H groups in total.